The Morgan fingerprint density at radius 2 is 1.52 bits per heavy atom. The Morgan fingerprint density at radius 3 is 2.08 bits per heavy atom. The largest absolute Gasteiger partial charge is 0.462 e. The van der Waals surface area contributed by atoms with Gasteiger partial charge in [0.1, 0.15) is 0 Å². The van der Waals surface area contributed by atoms with Crippen LogP contribution in [0.25, 0.3) is 0 Å². The normalized spacial score (nSPS) is 11.8. The topological polar surface area (TPSA) is 107 Å². The van der Waals surface area contributed by atoms with Crippen molar-refractivity contribution in [1.82, 2.24) is 0 Å². The van der Waals surface area contributed by atoms with E-state index in [9.17, 15) is 21.6 Å². The molecule has 0 unspecified atom stereocenters. The van der Waals surface area contributed by atoms with Crippen LogP contribution in [0.4, 0.5) is 5.69 Å². The number of hydrogen-bond donors (Lipinski definition) is 1. The minimum atomic E-state index is -4.00. The highest BCUT2D eigenvalue weighted by atomic mass is 32.2. The van der Waals surface area contributed by atoms with E-state index in [1.807, 2.05) is 0 Å². The number of sulfonamides is 1. The first-order chi connectivity index (χ1) is 11.6. The number of carbonyl (C=O) groups is 1. The summed E-state index contributed by atoms with van der Waals surface area (Å²) < 4.78 is 55.1. The molecule has 0 bridgehead atoms. The summed E-state index contributed by atoms with van der Waals surface area (Å²) in [5, 5.41) is 0. The number of sulfone groups is 1. The van der Waals surface area contributed by atoms with Crippen LogP contribution in [0.5, 0.6) is 0 Å². The van der Waals surface area contributed by atoms with E-state index in [0.29, 0.717) is 0 Å². The molecular weight excluding hydrogens is 366 g/mol. The number of hydrogen-bond acceptors (Lipinski definition) is 6. The lowest BCUT2D eigenvalue weighted by atomic mass is 10.2. The zero-order valence-corrected chi connectivity index (χ0v) is 15.2. The Balaban J connectivity index is 2.35. The summed E-state index contributed by atoms with van der Waals surface area (Å²) in [6.45, 7) is 1.81. The Bertz CT molecular complexity index is 980. The van der Waals surface area contributed by atoms with Gasteiger partial charge in [0.05, 0.1) is 27.6 Å². The molecule has 134 valence electrons. The molecule has 0 aliphatic heterocycles. The molecule has 0 aromatic heterocycles. The maximum Gasteiger partial charge on any atom is 0.340 e. The smallest absolute Gasteiger partial charge is 0.340 e. The zero-order valence-electron chi connectivity index (χ0n) is 13.6. The van der Waals surface area contributed by atoms with Gasteiger partial charge in [0.15, 0.2) is 9.84 Å². The Labute approximate surface area is 146 Å². The van der Waals surface area contributed by atoms with Crippen molar-refractivity contribution in [1.29, 1.82) is 0 Å². The maximum absolute atomic E-state index is 12.5. The number of anilines is 1. The monoisotopic (exact) mass is 383 g/mol. The molecule has 0 saturated heterocycles. The van der Waals surface area contributed by atoms with Crippen LogP contribution in [-0.2, 0) is 24.6 Å². The molecule has 0 atom stereocenters. The third kappa shape index (κ3) is 4.58. The predicted molar refractivity (Wildman–Crippen MR) is 92.8 cm³/mol. The summed E-state index contributed by atoms with van der Waals surface area (Å²) in [5.74, 6) is -0.645. The van der Waals surface area contributed by atoms with E-state index in [1.54, 1.807) is 19.1 Å². The van der Waals surface area contributed by atoms with Gasteiger partial charge >= 0.3 is 5.97 Å². The van der Waals surface area contributed by atoms with Crippen LogP contribution in [0.15, 0.2) is 58.3 Å². The van der Waals surface area contributed by atoms with Crippen LogP contribution >= 0.6 is 0 Å². The number of ether oxygens (including phenoxy) is 1. The highest BCUT2D eigenvalue weighted by molar-refractivity contribution is 7.92. The molecule has 25 heavy (non-hydrogen) atoms. The van der Waals surface area contributed by atoms with Crippen molar-refractivity contribution < 1.29 is 26.4 Å². The first kappa shape index (κ1) is 18.9. The van der Waals surface area contributed by atoms with Crippen molar-refractivity contribution >= 4 is 31.5 Å². The highest BCUT2D eigenvalue weighted by Crippen LogP contribution is 2.22. The first-order valence-electron chi connectivity index (χ1n) is 7.24. The van der Waals surface area contributed by atoms with Gasteiger partial charge < -0.3 is 4.74 Å². The SMILES string of the molecule is CCOC(=O)c1ccccc1NS(=O)(=O)c1ccc(S(C)(=O)=O)cc1. The third-order valence-corrected chi connectivity index (χ3v) is 5.74. The standard InChI is InChI=1S/C16H17NO6S2/c1-3-23-16(18)14-6-4-5-7-15(14)17-25(21,22)13-10-8-12(9-11-13)24(2,19)20/h4-11,17H,3H2,1-2H3. The van der Waals surface area contributed by atoms with Crippen molar-refractivity contribution in [3.8, 4) is 0 Å². The number of nitrogens with one attached hydrogen (secondary N) is 1. The molecule has 2 rings (SSSR count). The van der Waals surface area contributed by atoms with Gasteiger partial charge in [0.2, 0.25) is 0 Å². The number of carbonyl (C=O) groups excluding carboxylic acids is 1. The van der Waals surface area contributed by atoms with Gasteiger partial charge in [-0.15, -0.1) is 0 Å². The van der Waals surface area contributed by atoms with Crippen LogP contribution in [0.3, 0.4) is 0 Å². The molecule has 0 amide bonds. The lowest BCUT2D eigenvalue weighted by molar-refractivity contribution is 0.0527. The molecule has 1 N–H and O–H groups in total. The Hall–Kier alpha value is -2.39. The van der Waals surface area contributed by atoms with E-state index in [-0.39, 0.29) is 27.6 Å². The van der Waals surface area contributed by atoms with Crippen LogP contribution in [0.1, 0.15) is 17.3 Å². The van der Waals surface area contributed by atoms with E-state index in [2.05, 4.69) is 4.72 Å². The van der Waals surface area contributed by atoms with Gasteiger partial charge in [-0.3, -0.25) is 4.72 Å². The molecule has 0 radical (unpaired) electrons. The minimum Gasteiger partial charge on any atom is -0.462 e. The fourth-order valence-electron chi connectivity index (χ4n) is 2.03. The second kappa shape index (κ2) is 7.24. The summed E-state index contributed by atoms with van der Waals surface area (Å²) in [6, 6.07) is 10.8. The van der Waals surface area contributed by atoms with Crippen LogP contribution in [0.2, 0.25) is 0 Å². The number of rotatable bonds is 6. The van der Waals surface area contributed by atoms with Crippen molar-refractivity contribution in [2.24, 2.45) is 0 Å². The number of benzene rings is 2. The lowest BCUT2D eigenvalue weighted by Crippen LogP contribution is -2.16. The molecule has 2 aromatic carbocycles. The highest BCUT2D eigenvalue weighted by Gasteiger charge is 2.19. The molecule has 0 spiro atoms. The quantitative estimate of drug-likeness (QED) is 0.765. The molecule has 2 aromatic rings. The van der Waals surface area contributed by atoms with E-state index in [4.69, 9.17) is 4.74 Å². The van der Waals surface area contributed by atoms with Gasteiger partial charge in [-0.25, -0.2) is 21.6 Å². The fourth-order valence-corrected chi connectivity index (χ4v) is 3.74. The van der Waals surface area contributed by atoms with E-state index >= 15 is 0 Å². The minimum absolute atomic E-state index is 0.0124. The summed E-state index contributed by atoms with van der Waals surface area (Å²) in [4.78, 5) is 11.8. The molecule has 0 aliphatic carbocycles. The zero-order chi connectivity index (χ0) is 18.7. The number of para-hydroxylation sites is 1. The Morgan fingerprint density at radius 1 is 0.960 bits per heavy atom. The maximum atomic E-state index is 12.5. The average Bonchev–Trinajstić information content (AvgIpc) is 2.54. The van der Waals surface area contributed by atoms with Gasteiger partial charge in [-0.1, -0.05) is 12.1 Å². The molecule has 0 aliphatic rings. The third-order valence-electron chi connectivity index (χ3n) is 3.23. The molecular formula is C16H17NO6S2. The second-order valence-corrected chi connectivity index (χ2v) is 8.81. The molecule has 0 heterocycles. The molecule has 0 saturated carbocycles. The van der Waals surface area contributed by atoms with Gasteiger partial charge in [-0.2, -0.15) is 0 Å². The van der Waals surface area contributed by atoms with Crippen molar-refractivity contribution in [2.75, 3.05) is 17.6 Å². The second-order valence-electron chi connectivity index (χ2n) is 5.12. The van der Waals surface area contributed by atoms with Gasteiger partial charge in [0.25, 0.3) is 10.0 Å². The molecule has 9 heteroatoms. The van der Waals surface area contributed by atoms with E-state index < -0.39 is 25.8 Å². The first-order valence-corrected chi connectivity index (χ1v) is 10.6. The van der Waals surface area contributed by atoms with Crippen molar-refractivity contribution in [3.63, 3.8) is 0 Å². The van der Waals surface area contributed by atoms with Crippen LogP contribution in [0, 0.1) is 0 Å². The summed E-state index contributed by atoms with van der Waals surface area (Å²) in [6.07, 6.45) is 1.03. The van der Waals surface area contributed by atoms with Crippen molar-refractivity contribution in [2.45, 2.75) is 16.7 Å². The van der Waals surface area contributed by atoms with Crippen LogP contribution < -0.4 is 4.72 Å². The lowest BCUT2D eigenvalue weighted by Gasteiger charge is -2.12. The van der Waals surface area contributed by atoms with Gasteiger partial charge in [0, 0.05) is 6.26 Å². The molecule has 7 nitrogen and oxygen atoms in total. The van der Waals surface area contributed by atoms with E-state index in [1.165, 1.54) is 36.4 Å². The predicted octanol–water partition coefficient (Wildman–Crippen LogP) is 2.07. The molecule has 0 fully saturated rings. The Kier molecular flexibility index (Phi) is 5.48. The summed E-state index contributed by atoms with van der Waals surface area (Å²) >= 11 is 0. The number of esters is 1. The summed E-state index contributed by atoms with van der Waals surface area (Å²) in [5.41, 5.74) is 0.161. The van der Waals surface area contributed by atoms with Gasteiger partial charge in [-0.05, 0) is 43.3 Å². The van der Waals surface area contributed by atoms with Crippen molar-refractivity contribution in [3.05, 3.63) is 54.1 Å². The fraction of sp³-hybridized carbons (Fsp3) is 0.188. The average molecular weight is 383 g/mol. The van der Waals surface area contributed by atoms with Crippen LogP contribution in [-0.4, -0.2) is 35.7 Å². The van der Waals surface area contributed by atoms with E-state index in [0.717, 1.165) is 6.26 Å². The summed E-state index contributed by atoms with van der Waals surface area (Å²) in [7, 11) is -7.42.